The zero-order valence-corrected chi connectivity index (χ0v) is 14.6. The van der Waals surface area contributed by atoms with Crippen LogP contribution in [0.25, 0.3) is 0 Å². The molecule has 0 amide bonds. The van der Waals surface area contributed by atoms with Crippen LogP contribution in [0.4, 0.5) is 0 Å². The van der Waals surface area contributed by atoms with Crippen molar-refractivity contribution < 1.29 is 14.3 Å². The van der Waals surface area contributed by atoms with Crippen LogP contribution >= 0.6 is 0 Å². The first-order chi connectivity index (χ1) is 11.6. The Bertz CT molecular complexity index is 745. The summed E-state index contributed by atoms with van der Waals surface area (Å²) < 4.78 is 11.5. The molecule has 0 aromatic heterocycles. The van der Waals surface area contributed by atoms with Crippen molar-refractivity contribution in [1.29, 1.82) is 0 Å². The van der Waals surface area contributed by atoms with Crippen LogP contribution in [0.5, 0.6) is 11.5 Å². The lowest BCUT2D eigenvalue weighted by Crippen LogP contribution is -2.08. The van der Waals surface area contributed by atoms with Crippen molar-refractivity contribution in [1.82, 2.24) is 0 Å². The Labute approximate surface area is 143 Å². The zero-order valence-electron chi connectivity index (χ0n) is 14.6. The number of para-hydroxylation sites is 1. The molecule has 0 N–H and O–H groups in total. The SMILES string of the molecule is CCC(=O)Oc1ccccc1COc1cc(C)c(C)cc1C1CC1. The Hall–Kier alpha value is -2.29. The number of hydrogen-bond donors (Lipinski definition) is 0. The molecule has 2 aromatic carbocycles. The van der Waals surface area contributed by atoms with Gasteiger partial charge in [-0.25, -0.2) is 0 Å². The van der Waals surface area contributed by atoms with Crippen molar-refractivity contribution in [2.75, 3.05) is 0 Å². The van der Waals surface area contributed by atoms with Gasteiger partial charge in [0.15, 0.2) is 0 Å². The van der Waals surface area contributed by atoms with Crippen LogP contribution in [-0.4, -0.2) is 5.97 Å². The summed E-state index contributed by atoms with van der Waals surface area (Å²) in [5.41, 5.74) is 4.74. The molecule has 0 bridgehead atoms. The van der Waals surface area contributed by atoms with Gasteiger partial charge in [0.2, 0.25) is 0 Å². The molecular formula is C21H24O3. The molecule has 126 valence electrons. The van der Waals surface area contributed by atoms with Crippen molar-refractivity contribution in [3.05, 3.63) is 58.7 Å². The minimum atomic E-state index is -0.229. The first-order valence-electron chi connectivity index (χ1n) is 8.61. The molecule has 24 heavy (non-hydrogen) atoms. The van der Waals surface area contributed by atoms with Gasteiger partial charge >= 0.3 is 5.97 Å². The number of carbonyl (C=O) groups is 1. The number of esters is 1. The molecule has 3 heteroatoms. The average Bonchev–Trinajstić information content (AvgIpc) is 3.41. The van der Waals surface area contributed by atoms with Gasteiger partial charge in [-0.1, -0.05) is 31.2 Å². The van der Waals surface area contributed by atoms with Gasteiger partial charge in [-0.15, -0.1) is 0 Å². The van der Waals surface area contributed by atoms with E-state index in [1.165, 1.54) is 29.5 Å². The highest BCUT2D eigenvalue weighted by Gasteiger charge is 2.27. The van der Waals surface area contributed by atoms with E-state index >= 15 is 0 Å². The summed E-state index contributed by atoms with van der Waals surface area (Å²) in [6.07, 6.45) is 2.84. The largest absolute Gasteiger partial charge is 0.488 e. The van der Waals surface area contributed by atoms with Crippen LogP contribution in [0.1, 0.15) is 54.4 Å². The second-order valence-electron chi connectivity index (χ2n) is 6.47. The van der Waals surface area contributed by atoms with E-state index in [4.69, 9.17) is 9.47 Å². The molecule has 0 atom stereocenters. The second-order valence-corrected chi connectivity index (χ2v) is 6.47. The number of rotatable bonds is 6. The predicted molar refractivity (Wildman–Crippen MR) is 94.6 cm³/mol. The Morgan fingerprint density at radius 2 is 1.79 bits per heavy atom. The molecule has 3 rings (SSSR count). The average molecular weight is 324 g/mol. The number of carbonyl (C=O) groups excluding carboxylic acids is 1. The van der Waals surface area contributed by atoms with E-state index in [0.29, 0.717) is 24.7 Å². The predicted octanol–water partition coefficient (Wildman–Crippen LogP) is 5.08. The van der Waals surface area contributed by atoms with Crippen molar-refractivity contribution in [2.24, 2.45) is 0 Å². The Balaban J connectivity index is 1.79. The standard InChI is InChI=1S/C21H24O3/c1-4-21(22)24-19-8-6-5-7-17(19)13-23-20-12-15(3)14(2)11-18(20)16-9-10-16/h5-8,11-12,16H,4,9-10,13H2,1-3H3. The maximum absolute atomic E-state index is 11.6. The topological polar surface area (TPSA) is 35.5 Å². The van der Waals surface area contributed by atoms with Crippen LogP contribution < -0.4 is 9.47 Å². The Morgan fingerprint density at radius 3 is 2.50 bits per heavy atom. The fourth-order valence-corrected chi connectivity index (χ4v) is 2.72. The third-order valence-electron chi connectivity index (χ3n) is 4.51. The first-order valence-corrected chi connectivity index (χ1v) is 8.61. The number of benzene rings is 2. The van der Waals surface area contributed by atoms with Gasteiger partial charge in [-0.3, -0.25) is 4.79 Å². The molecule has 1 aliphatic carbocycles. The van der Waals surface area contributed by atoms with Gasteiger partial charge in [0.1, 0.15) is 18.1 Å². The van der Waals surface area contributed by atoms with Crippen molar-refractivity contribution in [3.8, 4) is 11.5 Å². The van der Waals surface area contributed by atoms with Crippen LogP contribution in [0, 0.1) is 13.8 Å². The van der Waals surface area contributed by atoms with Gasteiger partial charge in [0.25, 0.3) is 0 Å². The zero-order chi connectivity index (χ0) is 17.1. The molecule has 0 unspecified atom stereocenters. The fraction of sp³-hybridized carbons (Fsp3) is 0.381. The summed E-state index contributed by atoms with van der Waals surface area (Å²) in [5, 5.41) is 0. The summed E-state index contributed by atoms with van der Waals surface area (Å²) in [5.74, 6) is 1.94. The minimum absolute atomic E-state index is 0.229. The summed E-state index contributed by atoms with van der Waals surface area (Å²) in [4.78, 5) is 11.6. The highest BCUT2D eigenvalue weighted by atomic mass is 16.5. The molecule has 0 heterocycles. The summed E-state index contributed by atoms with van der Waals surface area (Å²) in [6.45, 7) is 6.44. The molecule has 3 nitrogen and oxygen atoms in total. The van der Waals surface area contributed by atoms with Gasteiger partial charge in [-0.05, 0) is 61.4 Å². The van der Waals surface area contributed by atoms with Gasteiger partial charge in [-0.2, -0.15) is 0 Å². The van der Waals surface area contributed by atoms with E-state index in [2.05, 4.69) is 26.0 Å². The molecule has 1 saturated carbocycles. The highest BCUT2D eigenvalue weighted by molar-refractivity contribution is 5.72. The number of hydrogen-bond acceptors (Lipinski definition) is 3. The smallest absolute Gasteiger partial charge is 0.310 e. The molecule has 0 saturated heterocycles. The van der Waals surface area contributed by atoms with Crippen LogP contribution in [0.2, 0.25) is 0 Å². The third-order valence-corrected chi connectivity index (χ3v) is 4.51. The Morgan fingerprint density at radius 1 is 1.08 bits per heavy atom. The minimum Gasteiger partial charge on any atom is -0.488 e. The second kappa shape index (κ2) is 7.08. The quantitative estimate of drug-likeness (QED) is 0.549. The normalized spacial score (nSPS) is 13.6. The van der Waals surface area contributed by atoms with E-state index in [9.17, 15) is 4.79 Å². The third kappa shape index (κ3) is 3.78. The lowest BCUT2D eigenvalue weighted by molar-refractivity contribution is -0.134. The summed E-state index contributed by atoms with van der Waals surface area (Å²) >= 11 is 0. The summed E-state index contributed by atoms with van der Waals surface area (Å²) in [7, 11) is 0. The van der Waals surface area contributed by atoms with E-state index < -0.39 is 0 Å². The Kier molecular flexibility index (Phi) is 4.89. The monoisotopic (exact) mass is 324 g/mol. The molecule has 0 aliphatic heterocycles. The molecule has 1 aliphatic rings. The van der Waals surface area contributed by atoms with E-state index in [-0.39, 0.29) is 5.97 Å². The van der Waals surface area contributed by atoms with Gasteiger partial charge < -0.3 is 9.47 Å². The molecule has 0 radical (unpaired) electrons. The van der Waals surface area contributed by atoms with Crippen molar-refractivity contribution in [2.45, 2.75) is 52.6 Å². The number of ether oxygens (including phenoxy) is 2. The van der Waals surface area contributed by atoms with Crippen molar-refractivity contribution in [3.63, 3.8) is 0 Å². The fourth-order valence-electron chi connectivity index (χ4n) is 2.72. The van der Waals surface area contributed by atoms with Crippen LogP contribution in [0.15, 0.2) is 36.4 Å². The van der Waals surface area contributed by atoms with E-state index in [1.807, 2.05) is 24.3 Å². The van der Waals surface area contributed by atoms with Gasteiger partial charge in [0.05, 0.1) is 0 Å². The lowest BCUT2D eigenvalue weighted by Gasteiger charge is -2.15. The van der Waals surface area contributed by atoms with Crippen molar-refractivity contribution >= 4 is 5.97 Å². The molecular weight excluding hydrogens is 300 g/mol. The van der Waals surface area contributed by atoms with Crippen LogP contribution in [-0.2, 0) is 11.4 Å². The number of aryl methyl sites for hydroxylation is 2. The lowest BCUT2D eigenvalue weighted by atomic mass is 10.0. The van der Waals surface area contributed by atoms with Crippen LogP contribution in [0.3, 0.4) is 0 Å². The molecule has 1 fully saturated rings. The van der Waals surface area contributed by atoms with E-state index in [0.717, 1.165) is 11.3 Å². The molecule has 0 spiro atoms. The van der Waals surface area contributed by atoms with Gasteiger partial charge in [0, 0.05) is 12.0 Å². The maximum atomic E-state index is 11.6. The summed E-state index contributed by atoms with van der Waals surface area (Å²) in [6, 6.07) is 11.9. The molecule has 2 aromatic rings. The van der Waals surface area contributed by atoms with E-state index in [1.54, 1.807) is 6.92 Å². The maximum Gasteiger partial charge on any atom is 0.310 e. The first kappa shape index (κ1) is 16.6. The highest BCUT2D eigenvalue weighted by Crippen LogP contribution is 2.45.